The van der Waals surface area contributed by atoms with E-state index in [-0.39, 0.29) is 0 Å². The summed E-state index contributed by atoms with van der Waals surface area (Å²) in [7, 11) is 2.19. The predicted molar refractivity (Wildman–Crippen MR) is 95.0 cm³/mol. The van der Waals surface area contributed by atoms with Gasteiger partial charge in [-0.05, 0) is 61.9 Å². The van der Waals surface area contributed by atoms with Crippen LogP contribution in [0.1, 0.15) is 51.2 Å². The summed E-state index contributed by atoms with van der Waals surface area (Å²) in [6.07, 6.45) is 9.86. The molecule has 112 valence electrons. The summed E-state index contributed by atoms with van der Waals surface area (Å²) in [5.74, 6) is 0.657. The molecule has 1 nitrogen and oxygen atoms in total. The van der Waals surface area contributed by atoms with Crippen LogP contribution in [0.5, 0.6) is 0 Å². The molecular weight excluding hydrogens is 254 g/mol. The molecule has 2 rings (SSSR count). The van der Waals surface area contributed by atoms with E-state index in [1.807, 2.05) is 0 Å². The van der Waals surface area contributed by atoms with E-state index in [4.69, 9.17) is 0 Å². The van der Waals surface area contributed by atoms with Crippen molar-refractivity contribution < 1.29 is 0 Å². The van der Waals surface area contributed by atoms with Gasteiger partial charge in [0, 0.05) is 19.3 Å². The fourth-order valence-electron chi connectivity index (χ4n) is 2.74. The first-order valence-corrected chi connectivity index (χ1v) is 7.86. The number of rotatable bonds is 3. The molecule has 0 saturated carbocycles. The van der Waals surface area contributed by atoms with E-state index >= 15 is 0 Å². The topological polar surface area (TPSA) is 3.24 Å². The largest absolute Gasteiger partial charge is 0.374 e. The lowest BCUT2D eigenvalue weighted by Gasteiger charge is -2.32. The number of allylic oxidation sites excluding steroid dienone is 6. The summed E-state index contributed by atoms with van der Waals surface area (Å²) in [5.41, 5.74) is 6.82. The molecule has 0 aromatic heterocycles. The minimum atomic E-state index is 0.657. The Morgan fingerprint density at radius 1 is 1.29 bits per heavy atom. The first-order valence-electron chi connectivity index (χ1n) is 7.86. The van der Waals surface area contributed by atoms with E-state index in [0.717, 1.165) is 6.54 Å². The molecule has 1 aliphatic heterocycles. The average molecular weight is 281 g/mol. The summed E-state index contributed by atoms with van der Waals surface area (Å²) in [6, 6.07) is 6.89. The van der Waals surface area contributed by atoms with Crippen LogP contribution in [0.2, 0.25) is 0 Å². The van der Waals surface area contributed by atoms with Gasteiger partial charge in [0.1, 0.15) is 0 Å². The fourth-order valence-corrected chi connectivity index (χ4v) is 2.74. The third-order valence-corrected chi connectivity index (χ3v) is 4.48. The summed E-state index contributed by atoms with van der Waals surface area (Å²) in [4.78, 5) is 2.37. The molecule has 0 radical (unpaired) electrons. The van der Waals surface area contributed by atoms with Crippen molar-refractivity contribution in [3.05, 3.63) is 59.2 Å². The highest BCUT2D eigenvalue weighted by Gasteiger charge is 2.19. The van der Waals surface area contributed by atoms with Crippen LogP contribution in [0, 0.1) is 0 Å². The van der Waals surface area contributed by atoms with Crippen LogP contribution >= 0.6 is 0 Å². The fraction of sp³-hybridized carbons (Fsp3) is 0.400. The number of benzene rings is 1. The van der Waals surface area contributed by atoms with Gasteiger partial charge in [0.05, 0.1) is 0 Å². The van der Waals surface area contributed by atoms with Crippen LogP contribution in [0.4, 0.5) is 5.69 Å². The highest BCUT2D eigenvalue weighted by molar-refractivity contribution is 5.70. The molecule has 1 unspecified atom stereocenters. The average Bonchev–Trinajstić information content (AvgIpc) is 2.50. The molecule has 1 heterocycles. The molecular formula is C20H27N. The molecule has 1 aromatic carbocycles. The molecule has 0 fully saturated rings. The molecule has 0 N–H and O–H groups in total. The van der Waals surface area contributed by atoms with E-state index in [0.29, 0.717) is 5.92 Å². The number of fused-ring (bicyclic) bond motifs is 1. The second kappa shape index (κ2) is 6.80. The smallest absolute Gasteiger partial charge is 0.0399 e. The summed E-state index contributed by atoms with van der Waals surface area (Å²) < 4.78 is 0. The van der Waals surface area contributed by atoms with Crippen molar-refractivity contribution >= 4 is 11.3 Å². The second-order valence-electron chi connectivity index (χ2n) is 6.13. The summed E-state index contributed by atoms with van der Waals surface area (Å²) >= 11 is 0. The van der Waals surface area contributed by atoms with Crippen LogP contribution in [-0.2, 0) is 0 Å². The quantitative estimate of drug-likeness (QED) is 0.656. The van der Waals surface area contributed by atoms with Crippen LogP contribution in [0.15, 0.2) is 48.1 Å². The zero-order valence-electron chi connectivity index (χ0n) is 14.0. The number of nitrogens with zero attached hydrogens (tertiary/aromatic N) is 1. The molecule has 0 bridgehead atoms. The third kappa shape index (κ3) is 3.66. The maximum atomic E-state index is 2.37. The standard InChI is InChI=1S/C20H27N/c1-6-15(2)8-7-9-16(3)18-10-11-20-19(14-18)17(4)12-13-21(20)5/h6-11,14,17H,12-13H2,1-5H3/b8-7+,15-6+,16-9+. The SMILES string of the molecule is C/C=C(C)/C=C/C=C(\C)c1ccc2c(c1)C(C)CCN2C. The van der Waals surface area contributed by atoms with Gasteiger partial charge in [0.2, 0.25) is 0 Å². The molecule has 21 heavy (non-hydrogen) atoms. The molecule has 0 aliphatic carbocycles. The van der Waals surface area contributed by atoms with Gasteiger partial charge in [-0.3, -0.25) is 0 Å². The third-order valence-electron chi connectivity index (χ3n) is 4.48. The van der Waals surface area contributed by atoms with Crippen molar-refractivity contribution in [2.24, 2.45) is 0 Å². The minimum absolute atomic E-state index is 0.657. The van der Waals surface area contributed by atoms with Crippen LogP contribution in [-0.4, -0.2) is 13.6 Å². The van der Waals surface area contributed by atoms with Gasteiger partial charge in [-0.2, -0.15) is 0 Å². The second-order valence-corrected chi connectivity index (χ2v) is 6.13. The van der Waals surface area contributed by atoms with Crippen molar-refractivity contribution in [2.45, 2.75) is 40.0 Å². The monoisotopic (exact) mass is 281 g/mol. The maximum Gasteiger partial charge on any atom is 0.0399 e. The summed E-state index contributed by atoms with van der Waals surface area (Å²) in [6.45, 7) is 9.87. The number of hydrogen-bond donors (Lipinski definition) is 0. The Hall–Kier alpha value is -1.76. The van der Waals surface area contributed by atoms with Crippen LogP contribution < -0.4 is 4.90 Å². The van der Waals surface area contributed by atoms with Gasteiger partial charge >= 0.3 is 0 Å². The first kappa shape index (κ1) is 15.6. The number of anilines is 1. The van der Waals surface area contributed by atoms with Gasteiger partial charge in [-0.1, -0.05) is 42.9 Å². The van der Waals surface area contributed by atoms with Crippen molar-refractivity contribution in [3.63, 3.8) is 0 Å². The highest BCUT2D eigenvalue weighted by Crippen LogP contribution is 2.35. The van der Waals surface area contributed by atoms with Gasteiger partial charge in [-0.15, -0.1) is 0 Å². The molecule has 0 amide bonds. The van der Waals surface area contributed by atoms with E-state index < -0.39 is 0 Å². The Balaban J connectivity index is 2.27. The Morgan fingerprint density at radius 2 is 2.05 bits per heavy atom. The highest BCUT2D eigenvalue weighted by atomic mass is 15.1. The van der Waals surface area contributed by atoms with Crippen LogP contribution in [0.25, 0.3) is 5.57 Å². The molecule has 1 atom stereocenters. The first-order chi connectivity index (χ1) is 10.0. The molecule has 1 aliphatic rings. The Bertz CT molecular complexity index is 590. The van der Waals surface area contributed by atoms with E-state index in [9.17, 15) is 0 Å². The van der Waals surface area contributed by atoms with E-state index in [1.165, 1.54) is 34.4 Å². The van der Waals surface area contributed by atoms with Gasteiger partial charge in [0.15, 0.2) is 0 Å². The Morgan fingerprint density at radius 3 is 2.76 bits per heavy atom. The van der Waals surface area contributed by atoms with Gasteiger partial charge in [-0.25, -0.2) is 0 Å². The predicted octanol–water partition coefficient (Wildman–Crippen LogP) is 5.56. The number of hydrogen-bond acceptors (Lipinski definition) is 1. The normalized spacial score (nSPS) is 20.0. The van der Waals surface area contributed by atoms with Gasteiger partial charge in [0.25, 0.3) is 0 Å². The lowest BCUT2D eigenvalue weighted by molar-refractivity contribution is 0.637. The van der Waals surface area contributed by atoms with E-state index in [1.54, 1.807) is 0 Å². The maximum absolute atomic E-state index is 2.37. The van der Waals surface area contributed by atoms with Crippen molar-refractivity contribution in [2.75, 3.05) is 18.5 Å². The summed E-state index contributed by atoms with van der Waals surface area (Å²) in [5, 5.41) is 0. The lowest BCUT2D eigenvalue weighted by atomic mass is 9.89. The Kier molecular flexibility index (Phi) is 5.06. The van der Waals surface area contributed by atoms with Crippen molar-refractivity contribution in [3.8, 4) is 0 Å². The van der Waals surface area contributed by atoms with Gasteiger partial charge < -0.3 is 4.90 Å². The van der Waals surface area contributed by atoms with Crippen LogP contribution in [0.3, 0.4) is 0 Å². The minimum Gasteiger partial charge on any atom is -0.374 e. The molecule has 1 heteroatoms. The van der Waals surface area contributed by atoms with Crippen molar-refractivity contribution in [1.29, 1.82) is 0 Å². The molecule has 0 spiro atoms. The van der Waals surface area contributed by atoms with E-state index in [2.05, 4.69) is 82.1 Å². The zero-order valence-corrected chi connectivity index (χ0v) is 14.0. The lowest BCUT2D eigenvalue weighted by Crippen LogP contribution is -2.26. The zero-order chi connectivity index (χ0) is 15.4. The Labute approximate surface area is 129 Å². The van der Waals surface area contributed by atoms with Crippen molar-refractivity contribution in [1.82, 2.24) is 0 Å². The molecule has 1 aromatic rings. The molecule has 0 saturated heterocycles.